The molecule has 3 aliphatic rings. The minimum absolute atomic E-state index is 0.00665. The second kappa shape index (κ2) is 4.48. The van der Waals surface area contributed by atoms with E-state index in [0.717, 1.165) is 11.1 Å². The molecule has 1 fully saturated rings. The van der Waals surface area contributed by atoms with Crippen LogP contribution in [-0.2, 0) is 16.6 Å². The third kappa shape index (κ3) is 1.62. The molecule has 1 heterocycles. The van der Waals surface area contributed by atoms with Gasteiger partial charge in [0.15, 0.2) is 23.4 Å². The normalized spacial score (nSPS) is 38.9. The van der Waals surface area contributed by atoms with E-state index < -0.39 is 23.2 Å². The number of aliphatic hydroxyl groups is 2. The second-order valence-corrected chi connectivity index (χ2v) is 7.47. The van der Waals surface area contributed by atoms with E-state index >= 15 is 0 Å². The quantitative estimate of drug-likeness (QED) is 0.768. The fourth-order valence-corrected chi connectivity index (χ4v) is 5.23. The number of benzene rings is 1. The number of ether oxygens (including phenoxy) is 1. The van der Waals surface area contributed by atoms with E-state index in [0.29, 0.717) is 18.6 Å². The van der Waals surface area contributed by atoms with Gasteiger partial charge in [0, 0.05) is 12.0 Å². The Hall–Kier alpha value is -1.59. The zero-order valence-electron chi connectivity index (χ0n) is 13.4. The zero-order valence-corrected chi connectivity index (χ0v) is 13.4. The summed E-state index contributed by atoms with van der Waals surface area (Å²) in [5.41, 5.74) is -0.364. The second-order valence-electron chi connectivity index (χ2n) is 7.47. The summed E-state index contributed by atoms with van der Waals surface area (Å²) in [4.78, 5) is 12.6. The van der Waals surface area contributed by atoms with Crippen LogP contribution in [-0.4, -0.2) is 38.9 Å². The van der Waals surface area contributed by atoms with Gasteiger partial charge < -0.3 is 20.1 Å². The largest absolute Gasteiger partial charge is 0.504 e. The third-order valence-corrected chi connectivity index (χ3v) is 6.13. The number of phenols is 1. The molecular weight excluding hydrogens is 296 g/mol. The van der Waals surface area contributed by atoms with Crippen molar-refractivity contribution < 1.29 is 24.9 Å². The summed E-state index contributed by atoms with van der Waals surface area (Å²) >= 11 is 0. The van der Waals surface area contributed by atoms with Crippen molar-refractivity contribution in [1.82, 2.24) is 0 Å². The van der Waals surface area contributed by atoms with Gasteiger partial charge in [-0.25, -0.2) is 0 Å². The van der Waals surface area contributed by atoms with Crippen molar-refractivity contribution in [3.63, 3.8) is 0 Å². The molecular formula is C18H22O5. The number of carbonyl (C=O) groups excluding carboxylic acids is 1. The molecule has 23 heavy (non-hydrogen) atoms. The Kier molecular flexibility index (Phi) is 2.92. The molecule has 1 aromatic rings. The lowest BCUT2D eigenvalue weighted by atomic mass is 9.49. The van der Waals surface area contributed by atoms with Crippen LogP contribution in [0.5, 0.6) is 11.5 Å². The highest BCUT2D eigenvalue weighted by Gasteiger charge is 2.70. The van der Waals surface area contributed by atoms with E-state index in [4.69, 9.17) is 4.74 Å². The van der Waals surface area contributed by atoms with Gasteiger partial charge in [-0.2, -0.15) is 0 Å². The van der Waals surface area contributed by atoms with Gasteiger partial charge >= 0.3 is 0 Å². The van der Waals surface area contributed by atoms with Crippen molar-refractivity contribution in [2.75, 3.05) is 0 Å². The lowest BCUT2D eigenvalue weighted by molar-refractivity contribution is -0.168. The van der Waals surface area contributed by atoms with Gasteiger partial charge in [-0.3, -0.25) is 4.79 Å². The van der Waals surface area contributed by atoms with Crippen molar-refractivity contribution in [1.29, 1.82) is 0 Å². The van der Waals surface area contributed by atoms with Crippen LogP contribution >= 0.6 is 0 Å². The highest BCUT2D eigenvalue weighted by atomic mass is 16.5. The first kappa shape index (κ1) is 15.0. The highest BCUT2D eigenvalue weighted by Crippen LogP contribution is 2.64. The van der Waals surface area contributed by atoms with E-state index in [1.54, 1.807) is 13.0 Å². The molecule has 1 aromatic carbocycles. The van der Waals surface area contributed by atoms with Crippen molar-refractivity contribution >= 4 is 5.78 Å². The molecule has 0 saturated heterocycles. The van der Waals surface area contributed by atoms with Gasteiger partial charge in [0.2, 0.25) is 0 Å². The summed E-state index contributed by atoms with van der Waals surface area (Å²) in [6, 6.07) is 3.43. The van der Waals surface area contributed by atoms with Crippen molar-refractivity contribution in [2.24, 2.45) is 5.92 Å². The number of hydrogen-bond donors (Lipinski definition) is 3. The van der Waals surface area contributed by atoms with Crippen LogP contribution in [0.4, 0.5) is 0 Å². The molecule has 1 unspecified atom stereocenters. The first-order chi connectivity index (χ1) is 10.8. The Morgan fingerprint density at radius 2 is 2.17 bits per heavy atom. The summed E-state index contributed by atoms with van der Waals surface area (Å²) in [6.07, 6.45) is 0.0230. The summed E-state index contributed by atoms with van der Waals surface area (Å²) in [5, 5.41) is 31.9. The van der Waals surface area contributed by atoms with Crippen LogP contribution in [0.2, 0.25) is 0 Å². The van der Waals surface area contributed by atoms with Crippen LogP contribution in [0.15, 0.2) is 12.1 Å². The first-order valence-electron chi connectivity index (χ1n) is 8.26. The molecule has 5 heteroatoms. The average Bonchev–Trinajstić information content (AvgIpc) is 2.83. The van der Waals surface area contributed by atoms with Crippen LogP contribution in [0.3, 0.4) is 0 Å². The van der Waals surface area contributed by atoms with E-state index in [2.05, 4.69) is 0 Å². The summed E-state index contributed by atoms with van der Waals surface area (Å²) in [7, 11) is 0. The van der Waals surface area contributed by atoms with Crippen LogP contribution in [0.1, 0.15) is 44.2 Å². The lowest BCUT2D eigenvalue weighted by Crippen LogP contribution is -2.68. The van der Waals surface area contributed by atoms with Gasteiger partial charge in [0.1, 0.15) is 0 Å². The monoisotopic (exact) mass is 318 g/mol. The van der Waals surface area contributed by atoms with E-state index in [1.807, 2.05) is 13.0 Å². The predicted octanol–water partition coefficient (Wildman–Crippen LogP) is 1.45. The number of aliphatic hydroxyl groups excluding tert-OH is 1. The Labute approximate surface area is 134 Å². The minimum Gasteiger partial charge on any atom is -0.504 e. The number of Topliss-reactive ketones (excluding diaryl/α,β-unsaturated/α-hetero) is 1. The SMILES string of the molecule is CC(O)C[C@]12c3c4ccc(O)c3O[C@H]1C(=O)CC[C@@]2(O)[C@H](C)C4. The standard InChI is InChI=1S/C18H22O5/c1-9-7-11-3-4-12(20)15-14(11)17(8-10(2)19)16(23-15)13(21)5-6-18(9,17)22/h3-4,9-10,16,19-20,22H,5-8H2,1-2H3/t9-,10?,16+,17+,18-/m1/s1. The van der Waals surface area contributed by atoms with E-state index in [1.165, 1.54) is 0 Å². The maximum atomic E-state index is 12.6. The fourth-order valence-electron chi connectivity index (χ4n) is 5.23. The van der Waals surface area contributed by atoms with Crippen LogP contribution < -0.4 is 4.74 Å². The fraction of sp³-hybridized carbons (Fsp3) is 0.611. The first-order valence-corrected chi connectivity index (χ1v) is 8.26. The number of ketones is 1. The molecule has 5 atom stereocenters. The van der Waals surface area contributed by atoms with Crippen LogP contribution in [0.25, 0.3) is 0 Å². The molecule has 1 aliphatic heterocycles. The molecule has 0 amide bonds. The molecule has 4 rings (SSSR count). The molecule has 0 radical (unpaired) electrons. The van der Waals surface area contributed by atoms with Crippen LogP contribution in [0, 0.1) is 5.92 Å². The van der Waals surface area contributed by atoms with E-state index in [-0.39, 0.29) is 30.3 Å². The average molecular weight is 318 g/mol. The number of phenolic OH excluding ortho intramolecular Hbond substituents is 1. The predicted molar refractivity (Wildman–Crippen MR) is 82.6 cm³/mol. The van der Waals surface area contributed by atoms with Crippen molar-refractivity contribution in [3.05, 3.63) is 23.3 Å². The topological polar surface area (TPSA) is 87.0 Å². The smallest absolute Gasteiger partial charge is 0.174 e. The summed E-state index contributed by atoms with van der Waals surface area (Å²) in [5.74, 6) is 0.191. The van der Waals surface area contributed by atoms with Gasteiger partial charge in [-0.05, 0) is 43.7 Å². The van der Waals surface area contributed by atoms with Gasteiger partial charge in [0.05, 0.1) is 17.1 Å². The Bertz CT molecular complexity index is 697. The molecule has 2 aliphatic carbocycles. The number of aromatic hydroxyl groups is 1. The lowest BCUT2D eigenvalue weighted by Gasteiger charge is -2.56. The van der Waals surface area contributed by atoms with Gasteiger partial charge in [-0.1, -0.05) is 13.0 Å². The third-order valence-electron chi connectivity index (χ3n) is 6.13. The number of hydrogen-bond acceptors (Lipinski definition) is 5. The Morgan fingerprint density at radius 3 is 2.87 bits per heavy atom. The molecule has 5 nitrogen and oxygen atoms in total. The molecule has 0 bridgehead atoms. The Balaban J connectivity index is 2.07. The maximum absolute atomic E-state index is 12.6. The number of carbonyl (C=O) groups is 1. The molecule has 0 spiro atoms. The Morgan fingerprint density at radius 1 is 1.43 bits per heavy atom. The van der Waals surface area contributed by atoms with Crippen molar-refractivity contribution in [2.45, 2.75) is 62.8 Å². The van der Waals surface area contributed by atoms with E-state index in [9.17, 15) is 20.1 Å². The van der Waals surface area contributed by atoms with Gasteiger partial charge in [-0.15, -0.1) is 0 Å². The molecule has 3 N–H and O–H groups in total. The van der Waals surface area contributed by atoms with Gasteiger partial charge in [0.25, 0.3) is 0 Å². The number of rotatable bonds is 2. The zero-order chi connectivity index (χ0) is 16.6. The summed E-state index contributed by atoms with van der Waals surface area (Å²) < 4.78 is 5.89. The molecule has 1 saturated carbocycles. The molecule has 0 aromatic heterocycles. The minimum atomic E-state index is -1.12. The molecule has 124 valence electrons. The highest BCUT2D eigenvalue weighted by molar-refractivity contribution is 5.89. The summed E-state index contributed by atoms with van der Waals surface area (Å²) in [6.45, 7) is 3.66. The maximum Gasteiger partial charge on any atom is 0.174 e. The van der Waals surface area contributed by atoms with Crippen molar-refractivity contribution in [3.8, 4) is 11.5 Å².